The van der Waals surface area contributed by atoms with Crippen LogP contribution in [0.3, 0.4) is 0 Å². The predicted octanol–water partition coefficient (Wildman–Crippen LogP) is 3.40. The first-order chi connectivity index (χ1) is 10.3. The third-order valence-corrected chi connectivity index (χ3v) is 4.40. The Morgan fingerprint density at radius 1 is 1.10 bits per heavy atom. The minimum atomic E-state index is -0.102. The summed E-state index contributed by atoms with van der Waals surface area (Å²) in [6.45, 7) is 2.44. The highest BCUT2D eigenvalue weighted by molar-refractivity contribution is 14.1. The highest BCUT2D eigenvalue weighted by atomic mass is 125. The van der Waals surface area contributed by atoms with Crippen LogP contribution < -0.4 is 10.1 Å². The van der Waals surface area contributed by atoms with E-state index >= 15 is 0 Å². The molecule has 4 heteroatoms. The number of hydrogen-bond donors (Lipinski definition) is 1. The van der Waals surface area contributed by atoms with Crippen molar-refractivity contribution in [1.82, 2.24) is 5.32 Å². The molecule has 0 radical (unpaired) electrons. The van der Waals surface area contributed by atoms with Gasteiger partial charge in [-0.25, -0.2) is 0 Å². The van der Waals surface area contributed by atoms with E-state index in [2.05, 4.69) is 46.1 Å². The Bertz CT molecular complexity index is 570. The maximum atomic E-state index is 6.30. The van der Waals surface area contributed by atoms with Gasteiger partial charge in [-0.3, -0.25) is 0 Å². The van der Waals surface area contributed by atoms with E-state index in [1.54, 1.807) is 0 Å². The smallest absolute Gasteiger partial charge is 0.151 e. The molecule has 2 atom stereocenters. The molecule has 0 aliphatic carbocycles. The third-order valence-electron chi connectivity index (χ3n) is 3.51. The van der Waals surface area contributed by atoms with Crippen molar-refractivity contribution in [1.29, 1.82) is 0 Å². The molecular weight excluding hydrogens is 375 g/mol. The average Bonchev–Trinajstić information content (AvgIpc) is 2.56. The highest BCUT2D eigenvalue weighted by Gasteiger charge is 2.28. The number of halogens is 1. The van der Waals surface area contributed by atoms with Gasteiger partial charge in [-0.05, 0) is 40.3 Å². The summed E-state index contributed by atoms with van der Waals surface area (Å²) in [6.07, 6.45) is -0.0768. The van der Waals surface area contributed by atoms with Crippen LogP contribution in [0.5, 0.6) is 5.75 Å². The SMILES string of the molecule is [125I]c1ccccc1O[C@@H](c1ccccc1)[C@@H]1CNCCO1. The number of hydrogen-bond acceptors (Lipinski definition) is 3. The molecule has 1 aliphatic rings. The van der Waals surface area contributed by atoms with Crippen LogP contribution in [0.1, 0.15) is 11.7 Å². The summed E-state index contributed by atoms with van der Waals surface area (Å²) in [5.41, 5.74) is 1.14. The van der Waals surface area contributed by atoms with Crippen molar-refractivity contribution in [2.75, 3.05) is 19.7 Å². The van der Waals surface area contributed by atoms with Crippen LogP contribution in [-0.2, 0) is 4.74 Å². The molecule has 1 aliphatic heterocycles. The lowest BCUT2D eigenvalue weighted by Crippen LogP contribution is -2.43. The Morgan fingerprint density at radius 2 is 1.86 bits per heavy atom. The van der Waals surface area contributed by atoms with E-state index in [1.165, 1.54) is 0 Å². The number of nitrogens with one attached hydrogen (secondary N) is 1. The molecule has 1 saturated heterocycles. The Kier molecular flexibility index (Phi) is 5.11. The summed E-state index contributed by atoms with van der Waals surface area (Å²) in [6, 6.07) is 18.4. The summed E-state index contributed by atoms with van der Waals surface area (Å²) in [7, 11) is 0. The van der Waals surface area contributed by atoms with Gasteiger partial charge in [0.05, 0.1) is 10.2 Å². The molecule has 2 aromatic carbocycles. The van der Waals surface area contributed by atoms with Gasteiger partial charge >= 0.3 is 0 Å². The fraction of sp³-hybridized carbons (Fsp3) is 0.294. The van der Waals surface area contributed by atoms with Gasteiger partial charge < -0.3 is 14.8 Å². The number of morpholine rings is 1. The number of rotatable bonds is 4. The van der Waals surface area contributed by atoms with Crippen LogP contribution in [0, 0.1) is 3.57 Å². The molecule has 0 spiro atoms. The van der Waals surface area contributed by atoms with Crippen LogP contribution in [0.15, 0.2) is 54.6 Å². The van der Waals surface area contributed by atoms with Crippen molar-refractivity contribution < 1.29 is 9.47 Å². The zero-order chi connectivity index (χ0) is 14.5. The van der Waals surface area contributed by atoms with Crippen LogP contribution in [0.25, 0.3) is 0 Å². The van der Waals surface area contributed by atoms with E-state index < -0.39 is 0 Å². The molecule has 2 aromatic rings. The first kappa shape index (κ1) is 14.8. The lowest BCUT2D eigenvalue weighted by Gasteiger charge is -2.31. The maximum Gasteiger partial charge on any atom is 0.151 e. The summed E-state index contributed by atoms with van der Waals surface area (Å²) >= 11 is 2.30. The van der Waals surface area contributed by atoms with E-state index in [4.69, 9.17) is 9.47 Å². The second-order valence-corrected chi connectivity index (χ2v) is 6.16. The summed E-state index contributed by atoms with van der Waals surface area (Å²) in [5, 5.41) is 3.38. The van der Waals surface area contributed by atoms with E-state index in [1.807, 2.05) is 36.4 Å². The van der Waals surface area contributed by atoms with Crippen LogP contribution in [-0.4, -0.2) is 25.8 Å². The van der Waals surface area contributed by atoms with Crippen molar-refractivity contribution in [2.45, 2.75) is 12.2 Å². The van der Waals surface area contributed by atoms with Gasteiger partial charge in [-0.1, -0.05) is 42.5 Å². The fourth-order valence-electron chi connectivity index (χ4n) is 2.46. The van der Waals surface area contributed by atoms with Crippen molar-refractivity contribution >= 4 is 22.6 Å². The van der Waals surface area contributed by atoms with Gasteiger partial charge in [0.2, 0.25) is 0 Å². The van der Waals surface area contributed by atoms with Crippen LogP contribution >= 0.6 is 22.6 Å². The van der Waals surface area contributed by atoms with Crippen molar-refractivity contribution in [2.24, 2.45) is 0 Å². The average molecular weight is 393 g/mol. The number of benzene rings is 2. The predicted molar refractivity (Wildman–Crippen MR) is 91.6 cm³/mol. The minimum Gasteiger partial charge on any atom is -0.482 e. The molecule has 21 heavy (non-hydrogen) atoms. The molecular formula is C17H18INO2. The standard InChI is InChI=1S/C17H18INO2/c18-14-8-4-5-9-15(14)21-17(13-6-2-1-3-7-13)16-12-19-10-11-20-16/h1-9,16-17,19H,10-12H2/t16-,17-/m0/s1/i18-2. The van der Waals surface area contributed by atoms with Gasteiger partial charge in [-0.2, -0.15) is 0 Å². The van der Waals surface area contributed by atoms with E-state index in [0.29, 0.717) is 0 Å². The number of para-hydroxylation sites is 1. The second kappa shape index (κ2) is 7.24. The summed E-state index contributed by atoms with van der Waals surface area (Å²) in [4.78, 5) is 0. The normalized spacial score (nSPS) is 20.0. The van der Waals surface area contributed by atoms with Gasteiger partial charge in [0.25, 0.3) is 0 Å². The highest BCUT2D eigenvalue weighted by Crippen LogP contribution is 2.30. The van der Waals surface area contributed by atoms with Gasteiger partial charge in [0, 0.05) is 13.1 Å². The monoisotopic (exact) mass is 393 g/mol. The van der Waals surface area contributed by atoms with Gasteiger partial charge in [0.1, 0.15) is 11.9 Å². The topological polar surface area (TPSA) is 30.5 Å². The Hall–Kier alpha value is -1.11. The fourth-order valence-corrected chi connectivity index (χ4v) is 2.97. The first-order valence-electron chi connectivity index (χ1n) is 7.13. The molecule has 3 rings (SSSR count). The van der Waals surface area contributed by atoms with Crippen LogP contribution in [0.4, 0.5) is 0 Å². The van der Waals surface area contributed by atoms with Crippen molar-refractivity contribution in [3.8, 4) is 5.75 Å². The molecule has 1 heterocycles. The zero-order valence-corrected chi connectivity index (χ0v) is 13.8. The molecule has 0 amide bonds. The van der Waals surface area contributed by atoms with E-state index in [0.717, 1.165) is 34.6 Å². The Balaban J connectivity index is 1.87. The molecule has 3 nitrogen and oxygen atoms in total. The van der Waals surface area contributed by atoms with Gasteiger partial charge in [0.15, 0.2) is 6.10 Å². The third kappa shape index (κ3) is 3.75. The van der Waals surface area contributed by atoms with Crippen molar-refractivity contribution in [3.63, 3.8) is 0 Å². The lowest BCUT2D eigenvalue weighted by atomic mass is 10.0. The lowest BCUT2D eigenvalue weighted by molar-refractivity contribution is -0.0435. The van der Waals surface area contributed by atoms with E-state index in [9.17, 15) is 0 Å². The molecule has 110 valence electrons. The molecule has 0 bridgehead atoms. The largest absolute Gasteiger partial charge is 0.482 e. The minimum absolute atomic E-state index is 0.0251. The summed E-state index contributed by atoms with van der Waals surface area (Å²) < 4.78 is 13.3. The summed E-state index contributed by atoms with van der Waals surface area (Å²) in [5.74, 6) is 0.904. The van der Waals surface area contributed by atoms with Gasteiger partial charge in [-0.15, -0.1) is 0 Å². The van der Waals surface area contributed by atoms with Crippen LogP contribution in [0.2, 0.25) is 0 Å². The number of ether oxygens (including phenoxy) is 2. The molecule has 0 unspecified atom stereocenters. The molecule has 1 fully saturated rings. The Labute approximate surface area is 138 Å². The molecule has 1 N–H and O–H groups in total. The van der Waals surface area contributed by atoms with E-state index in [-0.39, 0.29) is 12.2 Å². The molecule has 0 aromatic heterocycles. The van der Waals surface area contributed by atoms with Crippen molar-refractivity contribution in [3.05, 3.63) is 63.7 Å². The maximum absolute atomic E-state index is 6.30. The second-order valence-electron chi connectivity index (χ2n) is 4.99. The Morgan fingerprint density at radius 3 is 2.57 bits per heavy atom. The quantitative estimate of drug-likeness (QED) is 0.808. The zero-order valence-electron chi connectivity index (χ0n) is 11.7. The first-order valence-corrected chi connectivity index (χ1v) is 8.21. The molecule has 0 saturated carbocycles.